The van der Waals surface area contributed by atoms with Gasteiger partial charge in [-0.3, -0.25) is 0 Å². The van der Waals surface area contributed by atoms with E-state index in [-0.39, 0.29) is 0 Å². The largest absolute Gasteiger partial charge is 0.493 e. The van der Waals surface area contributed by atoms with Gasteiger partial charge in [0.2, 0.25) is 5.75 Å². The van der Waals surface area contributed by atoms with Crippen LogP contribution in [0.15, 0.2) is 18.2 Å². The molecule has 0 saturated heterocycles. The average Bonchev–Trinajstić information content (AvgIpc) is 2.83. The van der Waals surface area contributed by atoms with Gasteiger partial charge in [0.25, 0.3) is 0 Å². The molecule has 0 radical (unpaired) electrons. The average molecular weight is 308 g/mol. The number of methoxy groups -OCH3 is 3. The monoisotopic (exact) mass is 308 g/mol. The Kier molecular flexibility index (Phi) is 4.75. The van der Waals surface area contributed by atoms with Gasteiger partial charge >= 0.3 is 0 Å². The molecule has 2 rings (SSSR count). The lowest BCUT2D eigenvalue weighted by atomic mass is 10.00. The quantitative estimate of drug-likeness (QED) is 0.919. The summed E-state index contributed by atoms with van der Waals surface area (Å²) in [5.74, 6) is 1.55. The van der Waals surface area contributed by atoms with Gasteiger partial charge < -0.3 is 19.3 Å². The number of hydrogen-bond acceptors (Lipinski definition) is 5. The van der Waals surface area contributed by atoms with Crippen molar-refractivity contribution in [1.29, 1.82) is 0 Å². The van der Waals surface area contributed by atoms with E-state index < -0.39 is 6.10 Å². The maximum absolute atomic E-state index is 10.7. The van der Waals surface area contributed by atoms with E-state index >= 15 is 0 Å². The molecule has 0 bridgehead atoms. The fraction of sp³-hybridized carbons (Fsp3) is 0.375. The van der Waals surface area contributed by atoms with E-state index in [9.17, 15) is 5.11 Å². The zero-order valence-corrected chi connectivity index (χ0v) is 13.7. The predicted molar refractivity (Wildman–Crippen MR) is 84.0 cm³/mol. The van der Waals surface area contributed by atoms with Gasteiger partial charge in [-0.05, 0) is 37.6 Å². The first-order valence-electron chi connectivity index (χ1n) is 6.57. The SMILES string of the molecule is COc1ccc(C(O)c2cc(C)sc2C)c(OC)c1OC. The molecule has 0 aliphatic rings. The van der Waals surface area contributed by atoms with E-state index in [1.54, 1.807) is 44.8 Å². The number of rotatable bonds is 5. The molecule has 5 heteroatoms. The molecule has 0 amide bonds. The van der Waals surface area contributed by atoms with Gasteiger partial charge in [-0.2, -0.15) is 0 Å². The molecule has 0 spiro atoms. The predicted octanol–water partition coefficient (Wildman–Crippen LogP) is 3.47. The van der Waals surface area contributed by atoms with Crippen molar-refractivity contribution >= 4 is 11.3 Å². The van der Waals surface area contributed by atoms with Crippen LogP contribution < -0.4 is 14.2 Å². The third-order valence-electron chi connectivity index (χ3n) is 3.40. The van der Waals surface area contributed by atoms with Gasteiger partial charge in [0.15, 0.2) is 11.5 Å². The zero-order chi connectivity index (χ0) is 15.6. The Labute approximate surface area is 128 Å². The maximum Gasteiger partial charge on any atom is 0.203 e. The molecule has 1 aromatic heterocycles. The first-order chi connectivity index (χ1) is 10.0. The highest BCUT2D eigenvalue weighted by Gasteiger charge is 2.23. The first kappa shape index (κ1) is 15.7. The molecule has 21 heavy (non-hydrogen) atoms. The fourth-order valence-corrected chi connectivity index (χ4v) is 3.39. The fourth-order valence-electron chi connectivity index (χ4n) is 2.43. The van der Waals surface area contributed by atoms with Crippen LogP contribution >= 0.6 is 11.3 Å². The van der Waals surface area contributed by atoms with E-state index in [2.05, 4.69) is 0 Å². The summed E-state index contributed by atoms with van der Waals surface area (Å²) in [6.07, 6.45) is -0.760. The standard InChI is InChI=1S/C16H20O4S/c1-9-8-12(10(2)21-9)14(17)11-6-7-13(18-3)16(20-5)15(11)19-4/h6-8,14,17H,1-5H3. The Balaban J connectivity index is 2.55. The smallest absolute Gasteiger partial charge is 0.203 e. The Bertz CT molecular complexity index is 633. The number of thiophene rings is 1. The van der Waals surface area contributed by atoms with Crippen LogP contribution in [-0.2, 0) is 0 Å². The van der Waals surface area contributed by atoms with E-state index in [4.69, 9.17) is 14.2 Å². The molecule has 0 aliphatic carbocycles. The van der Waals surface area contributed by atoms with Gasteiger partial charge in [0.05, 0.1) is 21.3 Å². The molecular weight excluding hydrogens is 288 g/mol. The molecule has 1 N–H and O–H groups in total. The van der Waals surface area contributed by atoms with Crippen molar-refractivity contribution in [1.82, 2.24) is 0 Å². The second-order valence-corrected chi connectivity index (χ2v) is 6.16. The Morgan fingerprint density at radius 3 is 2.10 bits per heavy atom. The van der Waals surface area contributed by atoms with Gasteiger partial charge in [-0.25, -0.2) is 0 Å². The van der Waals surface area contributed by atoms with Crippen LogP contribution in [0.3, 0.4) is 0 Å². The van der Waals surface area contributed by atoms with Crippen molar-refractivity contribution in [2.24, 2.45) is 0 Å². The lowest BCUT2D eigenvalue weighted by Gasteiger charge is -2.19. The topological polar surface area (TPSA) is 47.9 Å². The molecule has 1 aromatic carbocycles. The molecule has 1 heterocycles. The van der Waals surface area contributed by atoms with Crippen LogP contribution in [0.1, 0.15) is 27.0 Å². The normalized spacial score (nSPS) is 12.1. The second-order valence-electron chi connectivity index (χ2n) is 4.69. The van der Waals surface area contributed by atoms with Crippen molar-refractivity contribution in [2.75, 3.05) is 21.3 Å². The van der Waals surface area contributed by atoms with Crippen LogP contribution in [0.5, 0.6) is 17.2 Å². The molecule has 4 nitrogen and oxygen atoms in total. The van der Waals surface area contributed by atoms with Gasteiger partial charge in [-0.1, -0.05) is 0 Å². The van der Waals surface area contributed by atoms with Crippen LogP contribution in [0.4, 0.5) is 0 Å². The summed E-state index contributed by atoms with van der Waals surface area (Å²) in [6, 6.07) is 5.58. The van der Waals surface area contributed by atoms with Crippen molar-refractivity contribution in [3.8, 4) is 17.2 Å². The summed E-state index contributed by atoms with van der Waals surface area (Å²) in [5.41, 5.74) is 1.55. The van der Waals surface area contributed by atoms with E-state index in [1.165, 1.54) is 4.88 Å². The molecule has 2 aromatic rings. The molecule has 0 fully saturated rings. The summed E-state index contributed by atoms with van der Waals surface area (Å²) < 4.78 is 16.1. The first-order valence-corrected chi connectivity index (χ1v) is 7.39. The van der Waals surface area contributed by atoms with Gasteiger partial charge in [0, 0.05) is 15.3 Å². The number of aliphatic hydroxyl groups excluding tert-OH is 1. The van der Waals surface area contributed by atoms with Crippen molar-refractivity contribution in [2.45, 2.75) is 20.0 Å². The van der Waals surface area contributed by atoms with Crippen molar-refractivity contribution in [3.05, 3.63) is 39.1 Å². The Morgan fingerprint density at radius 1 is 0.952 bits per heavy atom. The van der Waals surface area contributed by atoms with Gasteiger partial charge in [0.1, 0.15) is 6.10 Å². The summed E-state index contributed by atoms with van der Waals surface area (Å²) in [4.78, 5) is 2.26. The minimum absolute atomic E-state index is 0.487. The van der Waals surface area contributed by atoms with Crippen LogP contribution in [0.25, 0.3) is 0 Å². The van der Waals surface area contributed by atoms with E-state index in [0.29, 0.717) is 22.8 Å². The lowest BCUT2D eigenvalue weighted by molar-refractivity contribution is 0.212. The summed E-state index contributed by atoms with van der Waals surface area (Å²) in [5, 5.41) is 10.7. The third-order valence-corrected chi connectivity index (χ3v) is 4.38. The van der Waals surface area contributed by atoms with Crippen molar-refractivity contribution in [3.63, 3.8) is 0 Å². The van der Waals surface area contributed by atoms with E-state index in [1.807, 2.05) is 19.9 Å². The molecule has 114 valence electrons. The van der Waals surface area contributed by atoms with E-state index in [0.717, 1.165) is 10.4 Å². The van der Waals surface area contributed by atoms with Gasteiger partial charge in [-0.15, -0.1) is 11.3 Å². The maximum atomic E-state index is 10.7. The second kappa shape index (κ2) is 6.37. The summed E-state index contributed by atoms with van der Waals surface area (Å²) in [7, 11) is 4.68. The highest BCUT2D eigenvalue weighted by Crippen LogP contribution is 2.44. The Morgan fingerprint density at radius 2 is 1.62 bits per heavy atom. The number of aliphatic hydroxyl groups is 1. The zero-order valence-electron chi connectivity index (χ0n) is 12.9. The van der Waals surface area contributed by atoms with Crippen LogP contribution in [0.2, 0.25) is 0 Å². The number of benzene rings is 1. The minimum Gasteiger partial charge on any atom is -0.493 e. The number of hydrogen-bond donors (Lipinski definition) is 1. The molecule has 0 saturated carbocycles. The molecule has 1 atom stereocenters. The number of aryl methyl sites for hydroxylation is 2. The molecule has 1 unspecified atom stereocenters. The Hall–Kier alpha value is -1.72. The van der Waals surface area contributed by atoms with Crippen molar-refractivity contribution < 1.29 is 19.3 Å². The third kappa shape index (κ3) is 2.84. The van der Waals surface area contributed by atoms with Crippen LogP contribution in [-0.4, -0.2) is 26.4 Å². The lowest BCUT2D eigenvalue weighted by Crippen LogP contribution is -2.05. The summed E-state index contributed by atoms with van der Waals surface area (Å²) >= 11 is 1.67. The number of ether oxygens (including phenoxy) is 3. The minimum atomic E-state index is -0.760. The van der Waals surface area contributed by atoms with Crippen LogP contribution in [0, 0.1) is 13.8 Å². The molecular formula is C16H20O4S. The highest BCUT2D eigenvalue weighted by atomic mass is 32.1. The summed E-state index contributed by atoms with van der Waals surface area (Å²) in [6.45, 7) is 4.03. The molecule has 0 aliphatic heterocycles. The highest BCUT2D eigenvalue weighted by molar-refractivity contribution is 7.12.